The Kier molecular flexibility index (Phi) is 3.81. The molecule has 0 bridgehead atoms. The largest absolute Gasteiger partial charge is 0.497 e. The molecule has 0 fully saturated rings. The van der Waals surface area contributed by atoms with Crippen LogP contribution in [0.4, 0.5) is 5.69 Å². The number of amides is 1. The van der Waals surface area contributed by atoms with Crippen molar-refractivity contribution in [2.75, 3.05) is 12.4 Å². The number of rotatable bonds is 4. The van der Waals surface area contributed by atoms with Gasteiger partial charge in [-0.2, -0.15) is 0 Å². The lowest BCUT2D eigenvalue weighted by atomic mass is 10.1. The lowest BCUT2D eigenvalue weighted by Crippen LogP contribution is -2.14. The van der Waals surface area contributed by atoms with E-state index < -0.39 is 0 Å². The minimum absolute atomic E-state index is 0.0646. The summed E-state index contributed by atoms with van der Waals surface area (Å²) in [6.45, 7) is 0. The average molecular weight is 231 g/mol. The molecule has 0 aliphatic heterocycles. The Labute approximate surface area is 101 Å². The summed E-state index contributed by atoms with van der Waals surface area (Å²) in [6.07, 6.45) is 7.02. The van der Waals surface area contributed by atoms with Crippen molar-refractivity contribution in [1.29, 1.82) is 0 Å². The van der Waals surface area contributed by atoms with Crippen molar-refractivity contribution in [3.05, 3.63) is 36.4 Å². The van der Waals surface area contributed by atoms with Gasteiger partial charge < -0.3 is 10.1 Å². The topological polar surface area (TPSA) is 38.3 Å². The Hall–Kier alpha value is -1.77. The van der Waals surface area contributed by atoms with E-state index in [9.17, 15) is 4.79 Å². The van der Waals surface area contributed by atoms with Crippen LogP contribution in [-0.2, 0) is 4.79 Å². The molecule has 0 unspecified atom stereocenters. The van der Waals surface area contributed by atoms with E-state index >= 15 is 0 Å². The normalized spacial score (nSPS) is 18.1. The second-order valence-electron chi connectivity index (χ2n) is 4.25. The number of nitrogens with one attached hydrogen (secondary N) is 1. The molecule has 1 amide bonds. The third kappa shape index (κ3) is 3.34. The van der Waals surface area contributed by atoms with E-state index in [2.05, 4.69) is 17.5 Å². The van der Waals surface area contributed by atoms with Crippen LogP contribution in [0.15, 0.2) is 36.4 Å². The van der Waals surface area contributed by atoms with Gasteiger partial charge in [0.25, 0.3) is 0 Å². The summed E-state index contributed by atoms with van der Waals surface area (Å²) in [4.78, 5) is 11.8. The molecule has 0 spiro atoms. The first-order valence-electron chi connectivity index (χ1n) is 5.88. The predicted octanol–water partition coefficient (Wildman–Crippen LogP) is 2.99. The number of allylic oxidation sites excluding steroid dienone is 2. The summed E-state index contributed by atoms with van der Waals surface area (Å²) in [5.74, 6) is 1.22. The Balaban J connectivity index is 1.90. The van der Waals surface area contributed by atoms with Gasteiger partial charge in [0.05, 0.1) is 7.11 Å². The molecular formula is C14H17NO2. The summed E-state index contributed by atoms with van der Waals surface area (Å²) >= 11 is 0. The molecule has 0 heterocycles. The van der Waals surface area contributed by atoms with Gasteiger partial charge in [-0.15, -0.1) is 0 Å². The van der Waals surface area contributed by atoms with E-state index in [-0.39, 0.29) is 5.91 Å². The maximum atomic E-state index is 11.8. The quantitative estimate of drug-likeness (QED) is 0.809. The fourth-order valence-electron chi connectivity index (χ4n) is 2.02. The van der Waals surface area contributed by atoms with E-state index in [1.807, 2.05) is 24.3 Å². The molecule has 1 aliphatic carbocycles. The molecule has 1 aliphatic rings. The monoisotopic (exact) mass is 231 g/mol. The fraction of sp³-hybridized carbons (Fsp3) is 0.357. The van der Waals surface area contributed by atoms with Crippen molar-refractivity contribution in [3.63, 3.8) is 0 Å². The van der Waals surface area contributed by atoms with E-state index in [0.29, 0.717) is 12.3 Å². The fourth-order valence-corrected chi connectivity index (χ4v) is 2.02. The van der Waals surface area contributed by atoms with Gasteiger partial charge in [0.1, 0.15) is 5.75 Å². The number of hydrogen-bond acceptors (Lipinski definition) is 2. The van der Waals surface area contributed by atoms with Crippen molar-refractivity contribution in [2.45, 2.75) is 19.3 Å². The maximum Gasteiger partial charge on any atom is 0.224 e. The van der Waals surface area contributed by atoms with Gasteiger partial charge in [0.15, 0.2) is 0 Å². The number of carbonyl (C=O) groups is 1. The molecule has 0 saturated carbocycles. The van der Waals surface area contributed by atoms with Crippen LogP contribution in [0.5, 0.6) is 5.75 Å². The lowest BCUT2D eigenvalue weighted by molar-refractivity contribution is -0.116. The van der Waals surface area contributed by atoms with Crippen LogP contribution < -0.4 is 10.1 Å². The molecule has 0 saturated heterocycles. The zero-order valence-electron chi connectivity index (χ0n) is 9.98. The summed E-state index contributed by atoms with van der Waals surface area (Å²) in [6, 6.07) is 7.41. The van der Waals surface area contributed by atoms with Crippen LogP contribution in [0.1, 0.15) is 19.3 Å². The van der Waals surface area contributed by atoms with Gasteiger partial charge >= 0.3 is 0 Å². The first-order valence-corrected chi connectivity index (χ1v) is 5.88. The highest BCUT2D eigenvalue weighted by molar-refractivity contribution is 5.91. The van der Waals surface area contributed by atoms with Crippen LogP contribution in [0.25, 0.3) is 0 Å². The first-order chi connectivity index (χ1) is 8.28. The van der Waals surface area contributed by atoms with Gasteiger partial charge in [-0.3, -0.25) is 4.79 Å². The number of hydrogen-bond donors (Lipinski definition) is 1. The maximum absolute atomic E-state index is 11.8. The van der Waals surface area contributed by atoms with Crippen molar-refractivity contribution in [3.8, 4) is 5.75 Å². The zero-order valence-corrected chi connectivity index (χ0v) is 9.98. The third-order valence-electron chi connectivity index (χ3n) is 2.91. The molecule has 0 radical (unpaired) electrons. The number of methoxy groups -OCH3 is 1. The van der Waals surface area contributed by atoms with Crippen molar-refractivity contribution in [1.82, 2.24) is 0 Å². The molecule has 17 heavy (non-hydrogen) atoms. The van der Waals surface area contributed by atoms with Gasteiger partial charge in [-0.05, 0) is 30.9 Å². The molecule has 0 aromatic heterocycles. The number of benzene rings is 1. The summed E-state index contributed by atoms with van der Waals surface area (Å²) < 4.78 is 5.11. The van der Waals surface area contributed by atoms with Crippen molar-refractivity contribution in [2.24, 2.45) is 5.92 Å². The SMILES string of the molecule is COc1cccc(NC(=O)C[C@@H]2C=CCC2)c1. The Morgan fingerprint density at radius 2 is 2.41 bits per heavy atom. The van der Waals surface area contributed by atoms with Crippen molar-refractivity contribution < 1.29 is 9.53 Å². The Morgan fingerprint density at radius 1 is 1.53 bits per heavy atom. The van der Waals surface area contributed by atoms with Gasteiger partial charge in [0.2, 0.25) is 5.91 Å². The lowest BCUT2D eigenvalue weighted by Gasteiger charge is -2.09. The van der Waals surface area contributed by atoms with Crippen LogP contribution in [0.2, 0.25) is 0 Å². The molecule has 1 atom stereocenters. The molecule has 1 N–H and O–H groups in total. The van der Waals surface area contributed by atoms with Crippen LogP contribution >= 0.6 is 0 Å². The molecule has 1 aromatic carbocycles. The zero-order chi connectivity index (χ0) is 12.1. The highest BCUT2D eigenvalue weighted by Gasteiger charge is 2.13. The molecule has 90 valence electrons. The summed E-state index contributed by atoms with van der Waals surface area (Å²) in [7, 11) is 1.62. The van der Waals surface area contributed by atoms with Crippen LogP contribution in [0.3, 0.4) is 0 Å². The highest BCUT2D eigenvalue weighted by Crippen LogP contribution is 2.22. The van der Waals surface area contributed by atoms with E-state index in [0.717, 1.165) is 24.3 Å². The Morgan fingerprint density at radius 3 is 3.12 bits per heavy atom. The van der Waals surface area contributed by atoms with Gasteiger partial charge in [-0.25, -0.2) is 0 Å². The number of carbonyl (C=O) groups excluding carboxylic acids is 1. The summed E-state index contributed by atoms with van der Waals surface area (Å²) in [5, 5.41) is 2.89. The van der Waals surface area contributed by atoms with Crippen molar-refractivity contribution >= 4 is 11.6 Å². The second-order valence-corrected chi connectivity index (χ2v) is 4.25. The molecule has 2 rings (SSSR count). The summed E-state index contributed by atoms with van der Waals surface area (Å²) in [5.41, 5.74) is 0.788. The van der Waals surface area contributed by atoms with Gasteiger partial charge in [-0.1, -0.05) is 18.2 Å². The minimum atomic E-state index is 0.0646. The van der Waals surface area contributed by atoms with Crippen LogP contribution in [0, 0.1) is 5.92 Å². The standard InChI is InChI=1S/C14H17NO2/c1-17-13-8-4-7-12(10-13)15-14(16)9-11-5-2-3-6-11/h2,4-5,7-8,10-11H,3,6,9H2,1H3,(H,15,16)/t11-/m1/s1. The van der Waals surface area contributed by atoms with Gasteiger partial charge in [0, 0.05) is 18.2 Å². The smallest absolute Gasteiger partial charge is 0.224 e. The average Bonchev–Trinajstić information content (AvgIpc) is 2.82. The number of anilines is 1. The first kappa shape index (κ1) is 11.7. The second kappa shape index (κ2) is 5.53. The molecule has 3 nitrogen and oxygen atoms in total. The van der Waals surface area contributed by atoms with E-state index in [1.54, 1.807) is 7.11 Å². The highest BCUT2D eigenvalue weighted by atomic mass is 16.5. The van der Waals surface area contributed by atoms with E-state index in [1.165, 1.54) is 0 Å². The Bertz CT molecular complexity index is 426. The minimum Gasteiger partial charge on any atom is -0.497 e. The third-order valence-corrected chi connectivity index (χ3v) is 2.91. The number of ether oxygens (including phenoxy) is 1. The molecular weight excluding hydrogens is 214 g/mol. The van der Waals surface area contributed by atoms with Crippen LogP contribution in [-0.4, -0.2) is 13.0 Å². The molecule has 1 aromatic rings. The predicted molar refractivity (Wildman–Crippen MR) is 68.1 cm³/mol. The van der Waals surface area contributed by atoms with E-state index in [4.69, 9.17) is 4.74 Å². The molecule has 3 heteroatoms.